The Hall–Kier alpha value is -0.460. The van der Waals surface area contributed by atoms with Gasteiger partial charge in [0.2, 0.25) is 5.91 Å². The van der Waals surface area contributed by atoms with Gasteiger partial charge in [0.05, 0.1) is 18.7 Å². The third-order valence-electron chi connectivity index (χ3n) is 3.29. The van der Waals surface area contributed by atoms with E-state index in [0.717, 1.165) is 19.4 Å². The molecule has 106 valence electrons. The molecule has 0 saturated carbocycles. The maximum absolute atomic E-state index is 13.0. The van der Waals surface area contributed by atoms with Gasteiger partial charge in [0.15, 0.2) is 0 Å². The minimum absolute atomic E-state index is 0. The topological polar surface area (TPSA) is 41.6 Å². The van der Waals surface area contributed by atoms with Crippen molar-refractivity contribution in [2.45, 2.75) is 37.3 Å². The van der Waals surface area contributed by atoms with Crippen molar-refractivity contribution >= 4 is 18.3 Å². The van der Waals surface area contributed by atoms with Gasteiger partial charge < -0.3 is 9.64 Å². The van der Waals surface area contributed by atoms with Crippen LogP contribution in [0.1, 0.15) is 19.3 Å². The van der Waals surface area contributed by atoms with Crippen LogP contribution in [0, 0.1) is 0 Å². The van der Waals surface area contributed by atoms with E-state index in [0.29, 0.717) is 6.54 Å². The van der Waals surface area contributed by atoms with Crippen LogP contribution in [0.15, 0.2) is 0 Å². The molecular formula is C11H19ClF2N2O2. The van der Waals surface area contributed by atoms with Gasteiger partial charge in [-0.3, -0.25) is 10.1 Å². The molecule has 0 radical (unpaired) electrons. The summed E-state index contributed by atoms with van der Waals surface area (Å²) in [6.45, 7) is 0.812. The number of likely N-dealkylation sites (N-methyl/N-ethyl adjacent to an activating group) is 1. The number of ether oxygens (including phenoxy) is 1. The fourth-order valence-electron chi connectivity index (χ4n) is 2.34. The summed E-state index contributed by atoms with van der Waals surface area (Å²) in [6.07, 6.45) is 1.60. The Morgan fingerprint density at radius 3 is 2.78 bits per heavy atom. The first-order valence-corrected chi connectivity index (χ1v) is 5.96. The Labute approximate surface area is 111 Å². The van der Waals surface area contributed by atoms with Crippen LogP contribution < -0.4 is 5.32 Å². The molecule has 7 heteroatoms. The van der Waals surface area contributed by atoms with E-state index in [-0.39, 0.29) is 24.4 Å². The molecule has 0 aliphatic carbocycles. The summed E-state index contributed by atoms with van der Waals surface area (Å²) in [6, 6.07) is -0.753. The Bertz CT molecular complexity index is 299. The van der Waals surface area contributed by atoms with Gasteiger partial charge in [-0.2, -0.15) is 0 Å². The quantitative estimate of drug-likeness (QED) is 0.842. The summed E-state index contributed by atoms with van der Waals surface area (Å²) in [7, 11) is 1.64. The number of amides is 1. The second kappa shape index (κ2) is 6.12. The lowest BCUT2D eigenvalue weighted by Gasteiger charge is -2.23. The van der Waals surface area contributed by atoms with E-state index in [2.05, 4.69) is 5.32 Å². The summed E-state index contributed by atoms with van der Waals surface area (Å²) in [5.74, 6) is -3.02. The van der Waals surface area contributed by atoms with Crippen LogP contribution in [0.2, 0.25) is 0 Å². The molecule has 0 spiro atoms. The predicted molar refractivity (Wildman–Crippen MR) is 65.2 cm³/mol. The monoisotopic (exact) mass is 284 g/mol. The molecule has 0 aromatic rings. The Morgan fingerprint density at radius 1 is 1.56 bits per heavy atom. The molecule has 2 unspecified atom stereocenters. The summed E-state index contributed by atoms with van der Waals surface area (Å²) < 4.78 is 31.3. The van der Waals surface area contributed by atoms with Crippen LogP contribution >= 0.6 is 12.4 Å². The van der Waals surface area contributed by atoms with Crippen molar-refractivity contribution < 1.29 is 18.3 Å². The molecule has 18 heavy (non-hydrogen) atoms. The summed E-state index contributed by atoms with van der Waals surface area (Å²) in [5, 5.41) is 2.57. The lowest BCUT2D eigenvalue weighted by molar-refractivity contribution is -0.133. The van der Waals surface area contributed by atoms with Crippen molar-refractivity contribution in [1.82, 2.24) is 10.2 Å². The highest BCUT2D eigenvalue weighted by Gasteiger charge is 2.43. The first-order chi connectivity index (χ1) is 7.98. The molecular weight excluding hydrogens is 266 g/mol. The lowest BCUT2D eigenvalue weighted by atomic mass is 10.1. The van der Waals surface area contributed by atoms with Crippen molar-refractivity contribution in [3.05, 3.63) is 0 Å². The highest BCUT2D eigenvalue weighted by Crippen LogP contribution is 2.26. The number of nitrogens with one attached hydrogen (secondary N) is 1. The van der Waals surface area contributed by atoms with Gasteiger partial charge >= 0.3 is 0 Å². The zero-order chi connectivity index (χ0) is 12.5. The molecule has 2 rings (SSSR count). The summed E-state index contributed by atoms with van der Waals surface area (Å²) in [5.41, 5.74) is 0. The van der Waals surface area contributed by atoms with Gasteiger partial charge in [-0.15, -0.1) is 12.4 Å². The van der Waals surface area contributed by atoms with Crippen molar-refractivity contribution in [1.29, 1.82) is 0 Å². The molecule has 4 nitrogen and oxygen atoms in total. The second-order valence-corrected chi connectivity index (χ2v) is 4.85. The van der Waals surface area contributed by atoms with Gasteiger partial charge in [-0.1, -0.05) is 0 Å². The van der Waals surface area contributed by atoms with Crippen LogP contribution in [0.25, 0.3) is 0 Å². The average molecular weight is 285 g/mol. The fourth-order valence-corrected chi connectivity index (χ4v) is 2.34. The zero-order valence-electron chi connectivity index (χ0n) is 10.3. The van der Waals surface area contributed by atoms with Crippen LogP contribution in [0.5, 0.6) is 0 Å². The number of carbonyl (C=O) groups is 1. The predicted octanol–water partition coefficient (Wildman–Crippen LogP) is 1.04. The molecule has 0 bridgehead atoms. The largest absolute Gasteiger partial charge is 0.376 e. The third-order valence-corrected chi connectivity index (χ3v) is 3.29. The SMILES string of the molecule is CN(CC1CCCO1)C(=O)C1CC(F)(F)CN1.Cl. The number of carbonyl (C=O) groups excluding carboxylic acids is 1. The van der Waals surface area contributed by atoms with Crippen LogP contribution in [-0.2, 0) is 9.53 Å². The van der Waals surface area contributed by atoms with E-state index in [4.69, 9.17) is 4.74 Å². The molecule has 2 aliphatic rings. The minimum Gasteiger partial charge on any atom is -0.376 e. The fraction of sp³-hybridized carbons (Fsp3) is 0.909. The van der Waals surface area contributed by atoms with Gasteiger partial charge in [0, 0.05) is 26.6 Å². The van der Waals surface area contributed by atoms with Crippen molar-refractivity contribution in [3.8, 4) is 0 Å². The Kier molecular flexibility index (Phi) is 5.31. The second-order valence-electron chi connectivity index (χ2n) is 4.85. The van der Waals surface area contributed by atoms with Gasteiger partial charge in [0.25, 0.3) is 5.92 Å². The van der Waals surface area contributed by atoms with E-state index < -0.39 is 24.9 Å². The number of nitrogens with zero attached hydrogens (tertiary/aromatic N) is 1. The lowest BCUT2D eigenvalue weighted by Crippen LogP contribution is -2.44. The van der Waals surface area contributed by atoms with E-state index in [1.807, 2.05) is 0 Å². The number of rotatable bonds is 3. The maximum atomic E-state index is 13.0. The smallest absolute Gasteiger partial charge is 0.262 e. The molecule has 0 aromatic carbocycles. The normalized spacial score (nSPS) is 29.9. The molecule has 2 heterocycles. The highest BCUT2D eigenvalue weighted by molar-refractivity contribution is 5.85. The number of hydrogen-bond donors (Lipinski definition) is 1. The molecule has 0 aromatic heterocycles. The van der Waals surface area contributed by atoms with Gasteiger partial charge in [-0.25, -0.2) is 8.78 Å². The van der Waals surface area contributed by atoms with E-state index in [9.17, 15) is 13.6 Å². The Morgan fingerprint density at radius 2 is 2.28 bits per heavy atom. The van der Waals surface area contributed by atoms with Gasteiger partial charge in [-0.05, 0) is 12.8 Å². The molecule has 2 saturated heterocycles. The standard InChI is InChI=1S/C11H18F2N2O2.ClH/c1-15(6-8-3-2-4-17-8)10(16)9-5-11(12,13)7-14-9;/h8-9,14H,2-7H2,1H3;1H. The minimum atomic E-state index is -2.76. The van der Waals surface area contributed by atoms with E-state index in [1.54, 1.807) is 7.05 Å². The first kappa shape index (κ1) is 15.6. The van der Waals surface area contributed by atoms with E-state index >= 15 is 0 Å². The molecule has 2 fully saturated rings. The summed E-state index contributed by atoms with van der Waals surface area (Å²) >= 11 is 0. The molecule has 2 atom stereocenters. The zero-order valence-corrected chi connectivity index (χ0v) is 11.1. The number of hydrogen-bond acceptors (Lipinski definition) is 3. The van der Waals surface area contributed by atoms with Gasteiger partial charge in [0.1, 0.15) is 0 Å². The van der Waals surface area contributed by atoms with Crippen molar-refractivity contribution in [3.63, 3.8) is 0 Å². The number of halogens is 3. The first-order valence-electron chi connectivity index (χ1n) is 5.96. The van der Waals surface area contributed by atoms with Crippen LogP contribution in [0.4, 0.5) is 8.78 Å². The molecule has 1 amide bonds. The van der Waals surface area contributed by atoms with Crippen LogP contribution in [0.3, 0.4) is 0 Å². The van der Waals surface area contributed by atoms with Crippen molar-refractivity contribution in [2.24, 2.45) is 0 Å². The van der Waals surface area contributed by atoms with Crippen LogP contribution in [-0.4, -0.2) is 55.6 Å². The maximum Gasteiger partial charge on any atom is 0.262 e. The Balaban J connectivity index is 0.00000162. The van der Waals surface area contributed by atoms with Crippen molar-refractivity contribution in [2.75, 3.05) is 26.7 Å². The number of alkyl halides is 2. The third kappa shape index (κ3) is 3.76. The average Bonchev–Trinajstić information content (AvgIpc) is 2.86. The van der Waals surface area contributed by atoms with E-state index in [1.165, 1.54) is 4.90 Å². The highest BCUT2D eigenvalue weighted by atomic mass is 35.5. The molecule has 2 aliphatic heterocycles. The molecule has 1 N–H and O–H groups in total. The summed E-state index contributed by atoms with van der Waals surface area (Å²) in [4.78, 5) is 13.4.